The molecule has 1 fully saturated rings. The molecule has 0 saturated carbocycles. The Bertz CT molecular complexity index is 946. The Labute approximate surface area is 164 Å². The molecule has 0 radical (unpaired) electrons. The zero-order chi connectivity index (χ0) is 20.3. The van der Waals surface area contributed by atoms with Crippen molar-refractivity contribution in [1.29, 1.82) is 0 Å². The second kappa shape index (κ2) is 8.19. The Morgan fingerprint density at radius 3 is 2.36 bits per heavy atom. The molecule has 0 aromatic heterocycles. The number of benzene rings is 2. The van der Waals surface area contributed by atoms with E-state index in [0.717, 1.165) is 19.2 Å². The Morgan fingerprint density at radius 1 is 1.04 bits per heavy atom. The molecule has 1 amide bonds. The lowest BCUT2D eigenvalue weighted by atomic mass is 10.1. The molecule has 2 N–H and O–H groups in total. The number of nitrogens with zero attached hydrogens (tertiary/aromatic N) is 3. The highest BCUT2D eigenvalue weighted by molar-refractivity contribution is 6.32. The maximum absolute atomic E-state index is 12.4. The molecule has 0 atom stereocenters. The first-order valence-corrected chi connectivity index (χ1v) is 8.74. The third kappa shape index (κ3) is 4.18. The first-order valence-electron chi connectivity index (χ1n) is 8.36. The summed E-state index contributed by atoms with van der Waals surface area (Å²) >= 11 is 5.75. The van der Waals surface area contributed by atoms with Gasteiger partial charge in [0.25, 0.3) is 17.3 Å². The van der Waals surface area contributed by atoms with E-state index in [1.54, 1.807) is 12.1 Å². The van der Waals surface area contributed by atoms with Crippen molar-refractivity contribution in [3.63, 3.8) is 0 Å². The number of carbonyl (C=O) groups is 1. The predicted molar refractivity (Wildman–Crippen MR) is 104 cm³/mol. The van der Waals surface area contributed by atoms with Crippen molar-refractivity contribution in [3.05, 3.63) is 67.2 Å². The lowest BCUT2D eigenvalue weighted by Crippen LogP contribution is -2.43. The summed E-state index contributed by atoms with van der Waals surface area (Å²) in [6.45, 7) is 2.73. The van der Waals surface area contributed by atoms with Gasteiger partial charge < -0.3 is 15.5 Å². The van der Waals surface area contributed by atoms with Gasteiger partial charge in [-0.05, 0) is 24.3 Å². The number of nitro groups is 2. The third-order valence-electron chi connectivity index (χ3n) is 4.29. The van der Waals surface area contributed by atoms with Crippen LogP contribution in [0.4, 0.5) is 22.7 Å². The number of rotatable bonds is 5. The van der Waals surface area contributed by atoms with Crippen LogP contribution >= 0.6 is 11.6 Å². The summed E-state index contributed by atoms with van der Waals surface area (Å²) in [6, 6.07) is 8.08. The minimum Gasteiger partial charge on any atom is -0.363 e. The predicted octanol–water partition coefficient (Wildman–Crippen LogP) is 2.82. The van der Waals surface area contributed by atoms with E-state index >= 15 is 0 Å². The number of amides is 1. The van der Waals surface area contributed by atoms with Crippen molar-refractivity contribution < 1.29 is 14.6 Å². The van der Waals surface area contributed by atoms with Crippen molar-refractivity contribution in [2.45, 2.75) is 0 Å². The summed E-state index contributed by atoms with van der Waals surface area (Å²) in [6.07, 6.45) is 0. The summed E-state index contributed by atoms with van der Waals surface area (Å²) in [4.78, 5) is 35.6. The second-order valence-electron chi connectivity index (χ2n) is 6.08. The van der Waals surface area contributed by atoms with Gasteiger partial charge in [-0.1, -0.05) is 11.6 Å². The monoisotopic (exact) mass is 405 g/mol. The average Bonchev–Trinajstić information content (AvgIpc) is 2.68. The number of carbonyl (C=O) groups excluding carboxylic acids is 1. The molecule has 2 aromatic rings. The maximum atomic E-state index is 12.4. The topological polar surface area (TPSA) is 131 Å². The number of hydrogen-bond donors (Lipinski definition) is 2. The Hall–Kier alpha value is -3.24. The van der Waals surface area contributed by atoms with Crippen LogP contribution in [-0.2, 0) is 0 Å². The van der Waals surface area contributed by atoms with E-state index in [-0.39, 0.29) is 22.0 Å². The van der Waals surface area contributed by atoms with E-state index in [0.29, 0.717) is 18.8 Å². The van der Waals surface area contributed by atoms with Crippen molar-refractivity contribution in [1.82, 2.24) is 5.32 Å². The van der Waals surface area contributed by atoms with Gasteiger partial charge in [-0.2, -0.15) is 0 Å². The van der Waals surface area contributed by atoms with Gasteiger partial charge in [-0.15, -0.1) is 0 Å². The molecular formula is C17H16ClN5O5. The zero-order valence-electron chi connectivity index (χ0n) is 14.6. The molecule has 28 heavy (non-hydrogen) atoms. The number of nitrogens with one attached hydrogen (secondary N) is 2. The molecule has 2 aromatic carbocycles. The molecule has 1 saturated heterocycles. The normalized spacial score (nSPS) is 13.8. The van der Waals surface area contributed by atoms with Crippen LogP contribution in [0, 0.1) is 20.2 Å². The third-order valence-corrected chi connectivity index (χ3v) is 4.61. The number of piperazine rings is 1. The molecule has 3 rings (SSSR count). The van der Waals surface area contributed by atoms with Crippen LogP contribution < -0.4 is 15.5 Å². The van der Waals surface area contributed by atoms with Crippen LogP contribution in [0.2, 0.25) is 5.02 Å². The van der Waals surface area contributed by atoms with E-state index in [1.807, 2.05) is 4.90 Å². The highest BCUT2D eigenvalue weighted by Gasteiger charge is 2.22. The molecule has 10 nitrogen and oxygen atoms in total. The fourth-order valence-electron chi connectivity index (χ4n) is 2.92. The largest absolute Gasteiger partial charge is 0.363 e. The Balaban J connectivity index is 1.85. The molecular weight excluding hydrogens is 390 g/mol. The SMILES string of the molecule is O=C(Nc1ccc(N2CCNCC2)c([N+](=O)[O-])c1)c1ccc(Cl)c([N+](=O)[O-])c1. The molecule has 0 spiro atoms. The fourth-order valence-corrected chi connectivity index (χ4v) is 3.10. The molecule has 1 aliphatic rings. The maximum Gasteiger partial charge on any atom is 0.294 e. The van der Waals surface area contributed by atoms with Gasteiger partial charge in [-0.3, -0.25) is 25.0 Å². The van der Waals surface area contributed by atoms with Gasteiger partial charge in [-0.25, -0.2) is 0 Å². The molecule has 1 aliphatic heterocycles. The zero-order valence-corrected chi connectivity index (χ0v) is 15.3. The fraction of sp³-hybridized carbons (Fsp3) is 0.235. The number of hydrogen-bond acceptors (Lipinski definition) is 7. The lowest BCUT2D eigenvalue weighted by molar-refractivity contribution is -0.384. The van der Waals surface area contributed by atoms with Crippen LogP contribution in [0.3, 0.4) is 0 Å². The Morgan fingerprint density at radius 2 is 1.71 bits per heavy atom. The molecule has 0 unspecified atom stereocenters. The molecule has 0 bridgehead atoms. The second-order valence-corrected chi connectivity index (χ2v) is 6.48. The van der Waals surface area contributed by atoms with E-state index in [4.69, 9.17) is 11.6 Å². The summed E-state index contributed by atoms with van der Waals surface area (Å²) in [5.74, 6) is -0.635. The van der Waals surface area contributed by atoms with Gasteiger partial charge in [0.2, 0.25) is 0 Å². The summed E-state index contributed by atoms with van der Waals surface area (Å²) in [7, 11) is 0. The molecule has 146 valence electrons. The van der Waals surface area contributed by atoms with E-state index in [2.05, 4.69) is 10.6 Å². The van der Waals surface area contributed by atoms with E-state index in [1.165, 1.54) is 18.2 Å². The average molecular weight is 406 g/mol. The highest BCUT2D eigenvalue weighted by Crippen LogP contribution is 2.32. The van der Waals surface area contributed by atoms with Crippen molar-refractivity contribution in [2.75, 3.05) is 36.4 Å². The van der Waals surface area contributed by atoms with Crippen LogP contribution in [0.5, 0.6) is 0 Å². The molecule has 11 heteroatoms. The van der Waals surface area contributed by atoms with Gasteiger partial charge >= 0.3 is 0 Å². The van der Waals surface area contributed by atoms with Crippen LogP contribution in [0.25, 0.3) is 0 Å². The lowest BCUT2D eigenvalue weighted by Gasteiger charge is -2.29. The minimum absolute atomic E-state index is 0.0185. The van der Waals surface area contributed by atoms with Crippen molar-refractivity contribution in [2.24, 2.45) is 0 Å². The molecule has 0 aliphatic carbocycles. The van der Waals surface area contributed by atoms with Crippen molar-refractivity contribution in [3.8, 4) is 0 Å². The molecule has 1 heterocycles. The van der Waals surface area contributed by atoms with Crippen LogP contribution in [0.15, 0.2) is 36.4 Å². The first-order chi connectivity index (χ1) is 13.4. The summed E-state index contributed by atoms with van der Waals surface area (Å²) in [5.41, 5.74) is 0.195. The first kappa shape index (κ1) is 19.5. The number of halogens is 1. The highest BCUT2D eigenvalue weighted by atomic mass is 35.5. The minimum atomic E-state index is -0.688. The van der Waals surface area contributed by atoms with Gasteiger partial charge in [0.05, 0.1) is 9.85 Å². The Kier molecular flexibility index (Phi) is 5.71. The van der Waals surface area contributed by atoms with Crippen LogP contribution in [0.1, 0.15) is 10.4 Å². The van der Waals surface area contributed by atoms with Gasteiger partial charge in [0.1, 0.15) is 10.7 Å². The van der Waals surface area contributed by atoms with Gasteiger partial charge in [0.15, 0.2) is 0 Å². The van der Waals surface area contributed by atoms with Gasteiger partial charge in [0, 0.05) is 49.6 Å². The van der Waals surface area contributed by atoms with E-state index in [9.17, 15) is 25.0 Å². The summed E-state index contributed by atoms with van der Waals surface area (Å²) in [5, 5.41) is 28.1. The number of anilines is 2. The van der Waals surface area contributed by atoms with E-state index < -0.39 is 21.4 Å². The van der Waals surface area contributed by atoms with Crippen molar-refractivity contribution >= 4 is 40.3 Å². The van der Waals surface area contributed by atoms with Crippen LogP contribution in [-0.4, -0.2) is 41.9 Å². The summed E-state index contributed by atoms with van der Waals surface area (Å²) < 4.78 is 0. The standard InChI is InChI=1S/C17H16ClN5O5/c18-13-3-1-11(9-15(13)22(25)26)17(24)20-12-2-4-14(16(10-12)23(27)28)21-7-5-19-6-8-21/h1-4,9-10,19H,5-8H2,(H,20,24). The number of nitro benzene ring substituents is 2. The quantitative estimate of drug-likeness (QED) is 0.577. The smallest absolute Gasteiger partial charge is 0.294 e.